The summed E-state index contributed by atoms with van der Waals surface area (Å²) >= 11 is 0. The Morgan fingerprint density at radius 1 is 0.891 bits per heavy atom. The standard InChI is InChI=1S/C32H50F3N3O6S2/c1-26(2)22-9-12-31(7)24(29(22,5)11-10-23(26)37-46(43,44)32(33,34)35)21(39)17-19-20-18-28(4,36-25(40)38-45(8,41)42)15-13-27(20,3)14-16-30(19,31)6/h17,20,22-24,37H,9-16,18H2,1-8H3,(H2,36,38,40)/t20-,22-,23-,24+,27+,28-,29-,30+,31+/m0/s1. The first-order valence-electron chi connectivity index (χ1n) is 16.3. The summed E-state index contributed by atoms with van der Waals surface area (Å²) in [6, 6.07) is -1.68. The molecule has 9 atom stereocenters. The second-order valence-electron chi connectivity index (χ2n) is 17.1. The molecule has 0 radical (unpaired) electrons. The molecule has 0 spiro atoms. The van der Waals surface area contributed by atoms with E-state index in [1.807, 2.05) is 36.3 Å². The second-order valence-corrected chi connectivity index (χ2v) is 20.5. The van der Waals surface area contributed by atoms with Gasteiger partial charge in [0.2, 0.25) is 10.0 Å². The predicted molar refractivity (Wildman–Crippen MR) is 168 cm³/mol. The number of carbonyl (C=O) groups excluding carboxylic acids is 2. The van der Waals surface area contributed by atoms with E-state index < -0.39 is 59.4 Å². The Labute approximate surface area is 271 Å². The number of hydrogen-bond donors (Lipinski definition) is 3. The number of hydrogen-bond acceptors (Lipinski definition) is 6. The Kier molecular flexibility index (Phi) is 8.07. The molecule has 46 heavy (non-hydrogen) atoms. The Bertz CT molecular complexity index is 1580. The largest absolute Gasteiger partial charge is 0.511 e. The monoisotopic (exact) mass is 693 g/mol. The van der Waals surface area contributed by atoms with Crippen molar-refractivity contribution < 1.29 is 39.6 Å². The summed E-state index contributed by atoms with van der Waals surface area (Å²) in [6.45, 7) is 14.4. The molecule has 262 valence electrons. The van der Waals surface area contributed by atoms with Gasteiger partial charge in [-0.1, -0.05) is 47.1 Å². The molecule has 0 heterocycles. The summed E-state index contributed by atoms with van der Waals surface area (Å²) in [7, 11) is -9.27. The van der Waals surface area contributed by atoms with Crippen LogP contribution >= 0.6 is 0 Å². The van der Waals surface area contributed by atoms with E-state index in [9.17, 15) is 39.6 Å². The van der Waals surface area contributed by atoms with Crippen LogP contribution in [0.5, 0.6) is 0 Å². The van der Waals surface area contributed by atoms with E-state index in [1.165, 1.54) is 0 Å². The third-order valence-corrected chi connectivity index (χ3v) is 15.7. The lowest BCUT2D eigenvalue weighted by atomic mass is 9.33. The average Bonchev–Trinajstić information content (AvgIpc) is 2.86. The van der Waals surface area contributed by atoms with Crippen molar-refractivity contribution in [3.05, 3.63) is 11.6 Å². The fourth-order valence-corrected chi connectivity index (χ4v) is 12.6. The maximum atomic E-state index is 14.5. The van der Waals surface area contributed by atoms with E-state index in [1.54, 1.807) is 0 Å². The zero-order valence-corrected chi connectivity index (χ0v) is 29.8. The fraction of sp³-hybridized carbons (Fsp3) is 0.875. The van der Waals surface area contributed by atoms with Gasteiger partial charge >= 0.3 is 21.6 Å². The molecule has 9 nitrogen and oxygen atoms in total. The topological polar surface area (TPSA) is 139 Å². The van der Waals surface area contributed by atoms with Crippen molar-refractivity contribution >= 4 is 31.9 Å². The minimum absolute atomic E-state index is 0.0141. The molecule has 4 saturated carbocycles. The van der Waals surface area contributed by atoms with Gasteiger partial charge in [-0.3, -0.25) is 4.79 Å². The van der Waals surface area contributed by atoms with Crippen LogP contribution in [0.25, 0.3) is 0 Å². The highest BCUT2D eigenvalue weighted by Crippen LogP contribution is 2.74. The molecule has 5 rings (SSSR count). The van der Waals surface area contributed by atoms with Crippen LogP contribution in [0.4, 0.5) is 18.0 Å². The SMILES string of the molecule is CC1(C)[C@@H](NS(=O)(=O)C(F)(F)F)CC[C@]2(C)[C@H]3C(=O)C=C4[C@@H]5C[C@@](C)(NC(=O)NS(C)(=O)=O)CC[C@]5(C)CC[C@@]4(C)[C@]3(C)CC[C@@H]12. The van der Waals surface area contributed by atoms with Crippen LogP contribution in [-0.2, 0) is 24.8 Å². The third-order valence-electron chi connectivity index (χ3n) is 13.9. The van der Waals surface area contributed by atoms with Crippen molar-refractivity contribution in [2.75, 3.05) is 6.26 Å². The van der Waals surface area contributed by atoms with Crippen LogP contribution in [-0.4, -0.2) is 52.0 Å². The lowest BCUT2D eigenvalue weighted by molar-refractivity contribution is -0.187. The smallest absolute Gasteiger partial charge is 0.332 e. The van der Waals surface area contributed by atoms with Crippen LogP contribution in [0.2, 0.25) is 0 Å². The van der Waals surface area contributed by atoms with Gasteiger partial charge in [0.25, 0.3) is 0 Å². The van der Waals surface area contributed by atoms with E-state index >= 15 is 0 Å². The van der Waals surface area contributed by atoms with Crippen LogP contribution in [0, 0.1) is 44.8 Å². The van der Waals surface area contributed by atoms with Gasteiger partial charge in [-0.25, -0.2) is 31.1 Å². The molecule has 0 bridgehead atoms. The third kappa shape index (κ3) is 5.34. The Hall–Kier alpha value is -1.67. The highest BCUT2D eigenvalue weighted by molar-refractivity contribution is 7.90. The zero-order valence-electron chi connectivity index (χ0n) is 28.2. The minimum Gasteiger partial charge on any atom is -0.332 e. The van der Waals surface area contributed by atoms with Gasteiger partial charge in [-0.2, -0.15) is 13.2 Å². The van der Waals surface area contributed by atoms with Gasteiger partial charge in [0.1, 0.15) is 0 Å². The molecular formula is C32H50F3N3O6S2. The first kappa shape index (κ1) is 35.6. The fourth-order valence-electron chi connectivity index (χ4n) is 11.2. The Balaban J connectivity index is 1.49. The van der Waals surface area contributed by atoms with Crippen LogP contribution < -0.4 is 14.8 Å². The molecular weight excluding hydrogens is 643 g/mol. The number of fused-ring (bicyclic) bond motifs is 7. The number of carbonyl (C=O) groups is 2. The normalized spacial score (nSPS) is 44.1. The highest BCUT2D eigenvalue weighted by atomic mass is 32.2. The first-order chi connectivity index (χ1) is 20.6. The van der Waals surface area contributed by atoms with Crippen molar-refractivity contribution in [1.82, 2.24) is 14.8 Å². The number of ketones is 1. The first-order valence-corrected chi connectivity index (χ1v) is 19.7. The molecule has 0 aromatic heterocycles. The van der Waals surface area contributed by atoms with Gasteiger partial charge in [0, 0.05) is 17.5 Å². The molecule has 0 unspecified atom stereocenters. The van der Waals surface area contributed by atoms with Gasteiger partial charge in [-0.05, 0) is 110 Å². The summed E-state index contributed by atoms with van der Waals surface area (Å²) in [5.41, 5.74) is -7.26. The van der Waals surface area contributed by atoms with Gasteiger partial charge in [0.15, 0.2) is 5.78 Å². The van der Waals surface area contributed by atoms with E-state index in [0.717, 1.165) is 31.1 Å². The number of urea groups is 1. The molecule has 0 aliphatic heterocycles. The van der Waals surface area contributed by atoms with Crippen molar-refractivity contribution in [3.63, 3.8) is 0 Å². The van der Waals surface area contributed by atoms with E-state index in [4.69, 9.17) is 0 Å². The average molecular weight is 694 g/mol. The van der Waals surface area contributed by atoms with Crippen LogP contribution in [0.3, 0.4) is 0 Å². The summed E-state index contributed by atoms with van der Waals surface area (Å²) in [6.07, 6.45) is 8.57. The van der Waals surface area contributed by atoms with E-state index in [-0.39, 0.29) is 40.8 Å². The number of amides is 2. The minimum atomic E-state index is -5.53. The Morgan fingerprint density at radius 2 is 1.50 bits per heavy atom. The maximum absolute atomic E-state index is 14.5. The number of sulfonamides is 2. The molecule has 0 aromatic rings. The molecule has 2 amide bonds. The van der Waals surface area contributed by atoms with Crippen molar-refractivity contribution in [1.29, 1.82) is 0 Å². The summed E-state index contributed by atoms with van der Waals surface area (Å²) in [5, 5.41) is 2.91. The summed E-state index contributed by atoms with van der Waals surface area (Å²) < 4.78 is 91.7. The number of nitrogens with one attached hydrogen (secondary N) is 3. The zero-order chi connectivity index (χ0) is 34.7. The summed E-state index contributed by atoms with van der Waals surface area (Å²) in [4.78, 5) is 27.2. The quantitative estimate of drug-likeness (QED) is 0.341. The molecule has 5 aliphatic rings. The van der Waals surface area contributed by atoms with E-state index in [2.05, 4.69) is 33.0 Å². The maximum Gasteiger partial charge on any atom is 0.511 e. The van der Waals surface area contributed by atoms with Crippen molar-refractivity contribution in [2.45, 2.75) is 123 Å². The number of rotatable bonds is 4. The molecule has 5 aliphatic carbocycles. The van der Waals surface area contributed by atoms with Gasteiger partial charge in [-0.15, -0.1) is 0 Å². The predicted octanol–water partition coefficient (Wildman–Crippen LogP) is 5.79. The lowest BCUT2D eigenvalue weighted by Crippen LogP contribution is -2.68. The van der Waals surface area contributed by atoms with Crippen LogP contribution in [0.1, 0.15) is 106 Å². The number of halogens is 3. The van der Waals surface area contributed by atoms with Gasteiger partial charge in [0.05, 0.1) is 6.26 Å². The molecule has 0 aromatic carbocycles. The lowest BCUT2D eigenvalue weighted by Gasteiger charge is -2.70. The number of alkyl halides is 3. The molecule has 4 fully saturated rings. The number of allylic oxidation sites excluding steroid dienone is 2. The summed E-state index contributed by atoms with van der Waals surface area (Å²) in [5.74, 6) is -0.559. The second kappa shape index (κ2) is 10.4. The molecule has 14 heteroatoms. The van der Waals surface area contributed by atoms with Crippen molar-refractivity contribution in [3.8, 4) is 0 Å². The van der Waals surface area contributed by atoms with Crippen molar-refractivity contribution in [2.24, 2.45) is 44.8 Å². The molecule has 3 N–H and O–H groups in total. The van der Waals surface area contributed by atoms with E-state index in [0.29, 0.717) is 32.1 Å². The molecule has 0 saturated heterocycles. The Morgan fingerprint density at radius 3 is 2.09 bits per heavy atom. The highest BCUT2D eigenvalue weighted by Gasteiger charge is 2.70. The van der Waals surface area contributed by atoms with Crippen LogP contribution in [0.15, 0.2) is 11.6 Å². The van der Waals surface area contributed by atoms with Gasteiger partial charge < -0.3 is 5.32 Å².